The van der Waals surface area contributed by atoms with Crippen molar-refractivity contribution in [3.63, 3.8) is 0 Å². The molecule has 9 nitrogen and oxygen atoms in total. The molecule has 1 aliphatic heterocycles. The highest BCUT2D eigenvalue weighted by Gasteiger charge is 2.48. The van der Waals surface area contributed by atoms with Crippen LogP contribution < -0.4 is 21.5 Å². The van der Waals surface area contributed by atoms with Crippen LogP contribution in [0.2, 0.25) is 0 Å². The fraction of sp³-hybridized carbons (Fsp3) is 0.200. The molecule has 1 saturated heterocycles. The lowest BCUT2D eigenvalue weighted by Gasteiger charge is -2.21. The second-order valence-electron chi connectivity index (χ2n) is 7.09. The number of nitrogens with one attached hydrogen (secondary N) is 3. The zero-order chi connectivity index (χ0) is 21.9. The Morgan fingerprint density at radius 1 is 1.10 bits per heavy atom. The molecule has 1 heterocycles. The van der Waals surface area contributed by atoms with Gasteiger partial charge < -0.3 is 15.7 Å². The highest BCUT2D eigenvalue weighted by molar-refractivity contribution is 6.32. The summed E-state index contributed by atoms with van der Waals surface area (Å²) in [6.07, 6.45) is 0.690. The number of benzene rings is 2. The number of hydrogen-bond acceptors (Lipinski definition) is 4. The Labute approximate surface area is 173 Å². The normalized spacial score (nSPS) is 18.1. The molecule has 0 aromatic heterocycles. The van der Waals surface area contributed by atoms with Crippen LogP contribution in [0.1, 0.15) is 29.3 Å². The lowest BCUT2D eigenvalue weighted by molar-refractivity contribution is -0.132. The summed E-state index contributed by atoms with van der Waals surface area (Å²) in [5, 5.41) is 14.7. The summed E-state index contributed by atoms with van der Waals surface area (Å²) in [5.41, 5.74) is 2.99. The van der Waals surface area contributed by atoms with Crippen molar-refractivity contribution < 1.29 is 24.3 Å². The molecule has 0 spiro atoms. The van der Waals surface area contributed by atoms with E-state index in [-0.39, 0.29) is 12.0 Å². The topological polar surface area (TPSA) is 128 Å². The number of aryl methyl sites for hydroxylation is 1. The number of hydrazine groups is 1. The Balaban J connectivity index is 1.60. The van der Waals surface area contributed by atoms with E-state index < -0.39 is 29.5 Å². The van der Waals surface area contributed by atoms with Crippen molar-refractivity contribution in [3.05, 3.63) is 59.7 Å². The number of imide groups is 1. The lowest BCUT2D eigenvalue weighted by atomic mass is 9.93. The minimum Gasteiger partial charge on any atom is -0.478 e. The van der Waals surface area contributed by atoms with Crippen molar-refractivity contribution >= 4 is 42.9 Å². The van der Waals surface area contributed by atoms with Gasteiger partial charge in [0, 0.05) is 5.69 Å². The van der Waals surface area contributed by atoms with Crippen LogP contribution in [0.5, 0.6) is 0 Å². The van der Waals surface area contributed by atoms with E-state index in [1.165, 1.54) is 12.1 Å². The molecule has 5 amide bonds. The maximum absolute atomic E-state index is 12.7. The molecule has 4 N–H and O–H groups in total. The fourth-order valence-electron chi connectivity index (χ4n) is 2.99. The van der Waals surface area contributed by atoms with E-state index in [4.69, 9.17) is 13.0 Å². The summed E-state index contributed by atoms with van der Waals surface area (Å²) in [7, 11) is 5.59. The van der Waals surface area contributed by atoms with E-state index in [9.17, 15) is 19.2 Å². The Hall–Kier alpha value is -3.82. The van der Waals surface area contributed by atoms with Crippen LogP contribution in [0.25, 0.3) is 0 Å². The first kappa shape index (κ1) is 20.9. The monoisotopic (exact) mass is 406 g/mol. The molecule has 0 bridgehead atoms. The maximum atomic E-state index is 12.7. The van der Waals surface area contributed by atoms with Crippen molar-refractivity contribution in [3.8, 4) is 0 Å². The third-order valence-electron chi connectivity index (χ3n) is 4.76. The molecular formula is C20H19BN4O5. The van der Waals surface area contributed by atoms with Gasteiger partial charge in [0.15, 0.2) is 0 Å². The summed E-state index contributed by atoms with van der Waals surface area (Å²) in [4.78, 5) is 48.0. The van der Waals surface area contributed by atoms with Crippen LogP contribution in [-0.2, 0) is 11.2 Å². The second kappa shape index (κ2) is 8.28. The quantitative estimate of drug-likeness (QED) is 0.423. The third kappa shape index (κ3) is 4.60. The molecule has 2 radical (unpaired) electrons. The Kier molecular flexibility index (Phi) is 5.77. The molecule has 1 fully saturated rings. The van der Waals surface area contributed by atoms with Crippen molar-refractivity contribution in [2.45, 2.75) is 25.3 Å². The zero-order valence-corrected chi connectivity index (χ0v) is 16.1. The number of urea groups is 2. The molecule has 152 valence electrons. The summed E-state index contributed by atoms with van der Waals surface area (Å²) in [5.74, 6) is -1.62. The predicted octanol–water partition coefficient (Wildman–Crippen LogP) is 1.16. The van der Waals surface area contributed by atoms with E-state index >= 15 is 0 Å². The first-order valence-electron chi connectivity index (χ1n) is 9.10. The van der Waals surface area contributed by atoms with Gasteiger partial charge in [0.05, 0.1) is 5.56 Å². The molecule has 0 saturated carbocycles. The number of carboxylic acids is 1. The maximum Gasteiger partial charge on any atom is 0.344 e. The van der Waals surface area contributed by atoms with Gasteiger partial charge in [-0.25, -0.2) is 19.8 Å². The first-order chi connectivity index (χ1) is 14.2. The van der Waals surface area contributed by atoms with Gasteiger partial charge in [-0.3, -0.25) is 4.79 Å². The number of carbonyl (C=O) groups is 4. The largest absolute Gasteiger partial charge is 0.478 e. The second-order valence-corrected chi connectivity index (χ2v) is 7.09. The number of anilines is 1. The summed E-state index contributed by atoms with van der Waals surface area (Å²) in [6, 6.07) is 11.1. The molecular weight excluding hydrogens is 387 g/mol. The Morgan fingerprint density at radius 3 is 2.33 bits per heavy atom. The number of rotatable bonds is 6. The number of carbonyl (C=O) groups excluding carboxylic acids is 3. The number of amides is 5. The highest BCUT2D eigenvalue weighted by Crippen LogP contribution is 2.22. The average Bonchev–Trinajstić information content (AvgIpc) is 2.92. The van der Waals surface area contributed by atoms with Crippen molar-refractivity contribution in [2.75, 3.05) is 5.32 Å². The number of nitrogens with zero attached hydrogens (tertiary/aromatic N) is 1. The molecule has 1 atom stereocenters. The van der Waals surface area contributed by atoms with Crippen LogP contribution in [0.15, 0.2) is 48.5 Å². The van der Waals surface area contributed by atoms with Crippen molar-refractivity contribution in [1.29, 1.82) is 0 Å². The summed E-state index contributed by atoms with van der Waals surface area (Å²) < 4.78 is 0. The molecule has 0 aliphatic carbocycles. The lowest BCUT2D eigenvalue weighted by Crippen LogP contribution is -2.50. The van der Waals surface area contributed by atoms with Gasteiger partial charge in [0.1, 0.15) is 13.4 Å². The molecule has 30 heavy (non-hydrogen) atoms. The summed E-state index contributed by atoms with van der Waals surface area (Å²) >= 11 is 0. The Morgan fingerprint density at radius 2 is 1.73 bits per heavy atom. The van der Waals surface area contributed by atoms with Crippen molar-refractivity contribution in [2.24, 2.45) is 0 Å². The van der Waals surface area contributed by atoms with Crippen LogP contribution in [0.3, 0.4) is 0 Å². The third-order valence-corrected chi connectivity index (χ3v) is 4.76. The van der Waals surface area contributed by atoms with Gasteiger partial charge in [-0.05, 0) is 49.6 Å². The zero-order valence-electron chi connectivity index (χ0n) is 16.1. The van der Waals surface area contributed by atoms with E-state index in [2.05, 4.69) is 16.1 Å². The smallest absolute Gasteiger partial charge is 0.344 e. The van der Waals surface area contributed by atoms with Crippen LogP contribution in [-0.4, -0.2) is 47.4 Å². The minimum atomic E-state index is -1.21. The average molecular weight is 406 g/mol. The van der Waals surface area contributed by atoms with Gasteiger partial charge >= 0.3 is 18.0 Å². The van der Waals surface area contributed by atoms with Crippen LogP contribution in [0, 0.1) is 0 Å². The van der Waals surface area contributed by atoms with Crippen LogP contribution >= 0.6 is 0 Å². The van der Waals surface area contributed by atoms with Gasteiger partial charge in [-0.15, -0.1) is 0 Å². The van der Waals surface area contributed by atoms with Gasteiger partial charge in [0.2, 0.25) is 0 Å². The van der Waals surface area contributed by atoms with E-state index in [1.807, 2.05) is 0 Å². The number of aromatic carboxylic acids is 1. The van der Waals surface area contributed by atoms with Gasteiger partial charge in [0.25, 0.3) is 5.91 Å². The van der Waals surface area contributed by atoms with Gasteiger partial charge in [-0.1, -0.05) is 29.7 Å². The molecule has 10 heteroatoms. The fourth-order valence-corrected chi connectivity index (χ4v) is 2.99. The molecule has 1 aliphatic rings. The number of hydrogen-bond donors (Lipinski definition) is 4. The first-order valence-corrected chi connectivity index (χ1v) is 9.10. The highest BCUT2D eigenvalue weighted by atomic mass is 16.4. The Bertz CT molecular complexity index is 993. The molecule has 2 aromatic rings. The number of carboxylic acid groups (broad SMARTS) is 1. The van der Waals surface area contributed by atoms with E-state index in [0.29, 0.717) is 22.6 Å². The van der Waals surface area contributed by atoms with Gasteiger partial charge in [-0.2, -0.15) is 5.01 Å². The minimum absolute atomic E-state index is 0.165. The molecule has 3 rings (SSSR count). The van der Waals surface area contributed by atoms with E-state index in [0.717, 1.165) is 5.56 Å². The standard InChI is InChI=1S/C20H19BN4O5/c1-20(11-10-12-2-4-13(5-3-12)16(26)27)17(28)25(19(30)23-20)24-18(29)22-15-8-6-14(21)7-9-15/h2-9H,10-11H2,1H3,(H,23,30)(H,26,27)(H2,22,24,29). The predicted molar refractivity (Wildman–Crippen MR) is 109 cm³/mol. The SMILES string of the molecule is [B]c1ccc(NC(=O)NN2C(=O)NC(C)(CCc3ccc(C(=O)O)cc3)C2=O)cc1. The van der Waals surface area contributed by atoms with Crippen LogP contribution in [0.4, 0.5) is 15.3 Å². The van der Waals surface area contributed by atoms with Crippen molar-refractivity contribution in [1.82, 2.24) is 15.8 Å². The summed E-state index contributed by atoms with van der Waals surface area (Å²) in [6.45, 7) is 1.57. The molecule has 2 aromatic carbocycles. The molecule has 1 unspecified atom stereocenters. The van der Waals surface area contributed by atoms with E-state index in [1.54, 1.807) is 43.3 Å².